The van der Waals surface area contributed by atoms with Crippen molar-refractivity contribution in [3.8, 4) is 0 Å². The third-order valence-electron chi connectivity index (χ3n) is 3.19. The quantitative estimate of drug-likeness (QED) is 0.526. The Kier molecular flexibility index (Phi) is 1.63. The highest BCUT2D eigenvalue weighted by Gasteiger charge is 2.44. The maximum Gasteiger partial charge on any atom is 0.326 e. The first-order valence-electron chi connectivity index (χ1n) is 4.41. The van der Waals surface area contributed by atoms with Crippen molar-refractivity contribution < 1.29 is 14.4 Å². The summed E-state index contributed by atoms with van der Waals surface area (Å²) in [6.07, 6.45) is 0. The molecule has 3 heterocycles. The van der Waals surface area contributed by atoms with E-state index >= 15 is 0 Å². The Labute approximate surface area is 72.0 Å². The number of carbonyl (C=O) groups is 1. The number of quaternary nitrogens is 1. The lowest BCUT2D eigenvalue weighted by molar-refractivity contribution is -0.925. The Morgan fingerprint density at radius 1 is 1.50 bits per heavy atom. The van der Waals surface area contributed by atoms with Crippen molar-refractivity contribution >= 4 is 5.97 Å². The number of carboxylic acids is 1. The van der Waals surface area contributed by atoms with E-state index in [1.54, 1.807) is 0 Å². The Morgan fingerprint density at radius 3 is 2.42 bits per heavy atom. The molecular formula is C8H15N2O2+. The minimum absolute atomic E-state index is 0.225. The van der Waals surface area contributed by atoms with Crippen LogP contribution in [0.2, 0.25) is 0 Å². The van der Waals surface area contributed by atoms with Gasteiger partial charge in [0, 0.05) is 13.1 Å². The molecular weight excluding hydrogens is 156 g/mol. The molecule has 0 amide bonds. The summed E-state index contributed by atoms with van der Waals surface area (Å²) in [4.78, 5) is 12.9. The smallest absolute Gasteiger partial charge is 0.326 e. The number of carboxylic acid groups (broad SMARTS) is 1. The van der Waals surface area contributed by atoms with Crippen LogP contribution in [0.3, 0.4) is 0 Å². The summed E-state index contributed by atoms with van der Waals surface area (Å²) in [7, 11) is 2.16. The van der Waals surface area contributed by atoms with Gasteiger partial charge in [0.1, 0.15) is 6.54 Å². The highest BCUT2D eigenvalue weighted by atomic mass is 16.4. The van der Waals surface area contributed by atoms with Gasteiger partial charge in [0.05, 0.1) is 20.1 Å². The van der Waals surface area contributed by atoms with Gasteiger partial charge in [-0.25, -0.2) is 0 Å². The van der Waals surface area contributed by atoms with Gasteiger partial charge < -0.3 is 9.59 Å². The SMILES string of the molecule is C[N+]12CCN(CC1)C(C(=O)O)C2. The van der Waals surface area contributed by atoms with Crippen LogP contribution in [0.1, 0.15) is 0 Å². The molecule has 0 aliphatic carbocycles. The van der Waals surface area contributed by atoms with Gasteiger partial charge in [-0.05, 0) is 0 Å². The number of piperazine rings is 3. The molecule has 4 nitrogen and oxygen atoms in total. The number of aliphatic carboxylic acids is 1. The van der Waals surface area contributed by atoms with Crippen molar-refractivity contribution in [3.05, 3.63) is 0 Å². The molecule has 4 heteroatoms. The molecule has 2 bridgehead atoms. The standard InChI is InChI=1S/C8H14N2O2/c1-10-4-2-9(3-5-10)7(6-10)8(11)12/h7H,2-6H2,1H3/p+1. The van der Waals surface area contributed by atoms with Crippen LogP contribution in [0, 0.1) is 0 Å². The van der Waals surface area contributed by atoms with Crippen molar-refractivity contribution in [1.82, 2.24) is 4.90 Å². The molecule has 0 saturated carbocycles. The van der Waals surface area contributed by atoms with Crippen LogP contribution >= 0.6 is 0 Å². The fourth-order valence-corrected chi connectivity index (χ4v) is 2.22. The molecule has 0 aromatic rings. The highest BCUT2D eigenvalue weighted by Crippen LogP contribution is 2.21. The van der Waals surface area contributed by atoms with E-state index in [9.17, 15) is 4.79 Å². The minimum Gasteiger partial charge on any atom is -0.480 e. The average Bonchev–Trinajstić information content (AvgIpc) is 2.04. The van der Waals surface area contributed by atoms with Gasteiger partial charge in [-0.1, -0.05) is 0 Å². The molecule has 3 rings (SSSR count). The summed E-state index contributed by atoms with van der Waals surface area (Å²) in [6.45, 7) is 4.92. The maximum atomic E-state index is 10.8. The van der Waals surface area contributed by atoms with Crippen LogP contribution in [0.25, 0.3) is 0 Å². The van der Waals surface area contributed by atoms with Gasteiger partial charge in [-0.15, -0.1) is 0 Å². The molecule has 3 aliphatic rings. The predicted molar refractivity (Wildman–Crippen MR) is 43.8 cm³/mol. The molecule has 3 aliphatic heterocycles. The Bertz CT molecular complexity index is 209. The van der Waals surface area contributed by atoms with Crippen molar-refractivity contribution in [2.75, 3.05) is 39.8 Å². The zero-order chi connectivity index (χ0) is 8.77. The second kappa shape index (κ2) is 2.44. The maximum absolute atomic E-state index is 10.8. The fourth-order valence-electron chi connectivity index (χ4n) is 2.22. The van der Waals surface area contributed by atoms with Gasteiger partial charge in [0.15, 0.2) is 6.04 Å². The van der Waals surface area contributed by atoms with E-state index in [1.807, 2.05) is 0 Å². The lowest BCUT2D eigenvalue weighted by Gasteiger charge is -2.50. The third kappa shape index (κ3) is 1.11. The molecule has 0 spiro atoms. The van der Waals surface area contributed by atoms with Crippen LogP contribution in [0.4, 0.5) is 0 Å². The average molecular weight is 171 g/mol. The van der Waals surface area contributed by atoms with E-state index in [4.69, 9.17) is 5.11 Å². The lowest BCUT2D eigenvalue weighted by atomic mass is 10.1. The van der Waals surface area contributed by atoms with Crippen LogP contribution in [-0.2, 0) is 4.79 Å². The molecule has 3 saturated heterocycles. The van der Waals surface area contributed by atoms with Crippen LogP contribution < -0.4 is 0 Å². The third-order valence-corrected chi connectivity index (χ3v) is 3.19. The predicted octanol–water partition coefficient (Wildman–Crippen LogP) is -0.785. The topological polar surface area (TPSA) is 40.5 Å². The Morgan fingerprint density at radius 2 is 2.08 bits per heavy atom. The summed E-state index contributed by atoms with van der Waals surface area (Å²) in [5.74, 6) is -0.654. The summed E-state index contributed by atoms with van der Waals surface area (Å²) in [6, 6.07) is -0.225. The largest absolute Gasteiger partial charge is 0.480 e. The number of fused-ring (bicyclic) bond motifs is 3. The molecule has 0 aromatic heterocycles. The van der Waals surface area contributed by atoms with Gasteiger partial charge in [0.2, 0.25) is 0 Å². The highest BCUT2D eigenvalue weighted by molar-refractivity contribution is 5.73. The second-order valence-corrected chi connectivity index (χ2v) is 4.14. The van der Waals surface area contributed by atoms with E-state index in [1.165, 1.54) is 0 Å². The van der Waals surface area contributed by atoms with Crippen molar-refractivity contribution in [2.24, 2.45) is 0 Å². The van der Waals surface area contributed by atoms with Crippen LogP contribution in [-0.4, -0.2) is 66.3 Å². The first-order valence-corrected chi connectivity index (χ1v) is 4.41. The number of rotatable bonds is 1. The number of likely N-dealkylation sites (N-methyl/N-ethyl adjacent to an activating group) is 1. The van der Waals surface area contributed by atoms with Gasteiger partial charge >= 0.3 is 5.97 Å². The number of hydrogen-bond donors (Lipinski definition) is 1. The lowest BCUT2D eigenvalue weighted by Crippen LogP contribution is -2.70. The first kappa shape index (κ1) is 8.01. The number of hydrogen-bond acceptors (Lipinski definition) is 2. The summed E-state index contributed by atoms with van der Waals surface area (Å²) in [5.41, 5.74) is 0. The molecule has 68 valence electrons. The van der Waals surface area contributed by atoms with Gasteiger partial charge in [0.25, 0.3) is 0 Å². The van der Waals surface area contributed by atoms with Crippen LogP contribution in [0.5, 0.6) is 0 Å². The Balaban J connectivity index is 2.16. The van der Waals surface area contributed by atoms with Crippen LogP contribution in [0.15, 0.2) is 0 Å². The zero-order valence-electron chi connectivity index (χ0n) is 7.36. The molecule has 12 heavy (non-hydrogen) atoms. The van der Waals surface area contributed by atoms with E-state index < -0.39 is 5.97 Å². The molecule has 1 N–H and O–H groups in total. The Hall–Kier alpha value is -0.610. The van der Waals surface area contributed by atoms with E-state index in [0.717, 1.165) is 37.2 Å². The summed E-state index contributed by atoms with van der Waals surface area (Å²) < 4.78 is 0.952. The fraction of sp³-hybridized carbons (Fsp3) is 0.875. The normalized spacial score (nSPS) is 46.1. The summed E-state index contributed by atoms with van der Waals surface area (Å²) >= 11 is 0. The van der Waals surface area contributed by atoms with E-state index in [2.05, 4.69) is 11.9 Å². The molecule has 0 aromatic carbocycles. The van der Waals surface area contributed by atoms with Gasteiger partial charge in [-0.3, -0.25) is 9.69 Å². The van der Waals surface area contributed by atoms with E-state index in [0.29, 0.717) is 0 Å². The molecule has 3 fully saturated rings. The van der Waals surface area contributed by atoms with E-state index in [-0.39, 0.29) is 6.04 Å². The molecule has 1 atom stereocenters. The minimum atomic E-state index is -0.654. The molecule has 1 unspecified atom stereocenters. The van der Waals surface area contributed by atoms with Crippen molar-refractivity contribution in [3.63, 3.8) is 0 Å². The monoisotopic (exact) mass is 171 g/mol. The summed E-state index contributed by atoms with van der Waals surface area (Å²) in [5, 5.41) is 8.92. The molecule has 0 radical (unpaired) electrons. The zero-order valence-corrected chi connectivity index (χ0v) is 7.36. The van der Waals surface area contributed by atoms with Crippen molar-refractivity contribution in [2.45, 2.75) is 6.04 Å². The van der Waals surface area contributed by atoms with Gasteiger partial charge in [-0.2, -0.15) is 0 Å². The second-order valence-electron chi connectivity index (χ2n) is 4.14. The van der Waals surface area contributed by atoms with Crippen molar-refractivity contribution in [1.29, 1.82) is 0 Å². The number of nitrogens with zero attached hydrogens (tertiary/aromatic N) is 2. The first-order chi connectivity index (χ1) is 5.61.